The lowest BCUT2D eigenvalue weighted by molar-refractivity contribution is 0.0626. The van der Waals surface area contributed by atoms with Crippen molar-refractivity contribution in [3.05, 3.63) is 5.01 Å². The highest BCUT2D eigenvalue weighted by molar-refractivity contribution is 7.16. The molecule has 0 bridgehead atoms. The summed E-state index contributed by atoms with van der Waals surface area (Å²) in [5.74, 6) is -0.0327. The van der Waals surface area contributed by atoms with Crippen molar-refractivity contribution >= 4 is 22.4 Å². The highest BCUT2D eigenvalue weighted by Crippen LogP contribution is 2.27. The lowest BCUT2D eigenvalue weighted by Crippen LogP contribution is -2.49. The van der Waals surface area contributed by atoms with Gasteiger partial charge in [0.2, 0.25) is 10.1 Å². The molecule has 7 heteroatoms. The summed E-state index contributed by atoms with van der Waals surface area (Å²) in [6.45, 7) is 3.53. The molecule has 6 nitrogen and oxygen atoms in total. The molecule has 1 aromatic heterocycles. The fourth-order valence-corrected chi connectivity index (χ4v) is 2.76. The zero-order chi connectivity index (χ0) is 11.8. The van der Waals surface area contributed by atoms with Gasteiger partial charge in [0, 0.05) is 32.2 Å². The van der Waals surface area contributed by atoms with Crippen LogP contribution >= 0.6 is 11.3 Å². The number of hydrogen-bond acceptors (Lipinski definition) is 6. The first-order valence-electron chi connectivity index (χ1n) is 5.86. The summed E-state index contributed by atoms with van der Waals surface area (Å²) in [7, 11) is 0. The molecule has 1 aliphatic carbocycles. The number of aromatic nitrogens is 2. The number of amides is 1. The quantitative estimate of drug-likeness (QED) is 0.805. The van der Waals surface area contributed by atoms with E-state index in [-0.39, 0.29) is 5.91 Å². The lowest BCUT2D eigenvalue weighted by Gasteiger charge is -2.34. The summed E-state index contributed by atoms with van der Waals surface area (Å²) < 4.78 is 0. The number of rotatable bonds is 2. The number of nitrogens with zero attached hydrogens (tertiary/aromatic N) is 4. The number of carbonyl (C=O) groups excluding carboxylic acids is 1. The standard InChI is InChI=1S/C10H15N5OS/c11-10-13-12-8(17-10)9(16)15-5-3-14(4-6-15)7-1-2-7/h7H,1-6H2,(H2,11,13). The third kappa shape index (κ3) is 2.25. The molecule has 92 valence electrons. The number of hydrogen-bond donors (Lipinski definition) is 1. The SMILES string of the molecule is Nc1nnc(C(=O)N2CCN(C3CC3)CC2)s1. The first kappa shape index (κ1) is 10.9. The summed E-state index contributed by atoms with van der Waals surface area (Å²) in [5.41, 5.74) is 5.48. The number of nitrogen functional groups attached to an aromatic ring is 1. The van der Waals surface area contributed by atoms with Crippen molar-refractivity contribution in [3.63, 3.8) is 0 Å². The zero-order valence-corrected chi connectivity index (χ0v) is 10.3. The van der Waals surface area contributed by atoms with E-state index in [4.69, 9.17) is 5.73 Å². The number of anilines is 1. The molecule has 1 amide bonds. The average Bonchev–Trinajstić information content (AvgIpc) is 3.11. The second-order valence-corrected chi connectivity index (χ2v) is 5.51. The van der Waals surface area contributed by atoms with E-state index < -0.39 is 0 Å². The fraction of sp³-hybridized carbons (Fsp3) is 0.700. The molecule has 0 spiro atoms. The van der Waals surface area contributed by atoms with Gasteiger partial charge in [-0.3, -0.25) is 9.69 Å². The van der Waals surface area contributed by atoms with Gasteiger partial charge in [0.15, 0.2) is 0 Å². The van der Waals surface area contributed by atoms with Crippen LogP contribution < -0.4 is 5.73 Å². The molecular formula is C10H15N5OS. The fourth-order valence-electron chi connectivity index (χ4n) is 2.19. The molecule has 0 radical (unpaired) electrons. The van der Waals surface area contributed by atoms with Crippen LogP contribution in [0.4, 0.5) is 5.13 Å². The Labute approximate surface area is 103 Å². The predicted octanol–water partition coefficient (Wildman–Crippen LogP) is 0.0405. The third-order valence-electron chi connectivity index (χ3n) is 3.29. The van der Waals surface area contributed by atoms with Crippen LogP contribution in [-0.2, 0) is 0 Å². The van der Waals surface area contributed by atoms with Gasteiger partial charge < -0.3 is 10.6 Å². The summed E-state index contributed by atoms with van der Waals surface area (Å²) in [5, 5.41) is 8.23. The van der Waals surface area contributed by atoms with E-state index in [0.29, 0.717) is 10.1 Å². The van der Waals surface area contributed by atoms with Gasteiger partial charge in [-0.25, -0.2) is 0 Å². The normalized spacial score (nSPS) is 21.8. The second kappa shape index (κ2) is 4.23. The van der Waals surface area contributed by atoms with Gasteiger partial charge in [-0.15, -0.1) is 10.2 Å². The molecule has 1 saturated carbocycles. The maximum Gasteiger partial charge on any atom is 0.284 e. The Bertz CT molecular complexity index is 422. The maximum absolute atomic E-state index is 12.1. The minimum Gasteiger partial charge on any atom is -0.374 e. The topological polar surface area (TPSA) is 75.3 Å². The zero-order valence-electron chi connectivity index (χ0n) is 9.50. The molecule has 2 fully saturated rings. The van der Waals surface area contributed by atoms with Crippen LogP contribution in [0.1, 0.15) is 22.6 Å². The van der Waals surface area contributed by atoms with Gasteiger partial charge in [0.25, 0.3) is 5.91 Å². The van der Waals surface area contributed by atoms with Gasteiger partial charge in [0.1, 0.15) is 0 Å². The highest BCUT2D eigenvalue weighted by atomic mass is 32.1. The minimum absolute atomic E-state index is 0.0327. The summed E-state index contributed by atoms with van der Waals surface area (Å²) >= 11 is 1.16. The first-order valence-corrected chi connectivity index (χ1v) is 6.68. The molecule has 1 aliphatic heterocycles. The van der Waals surface area contributed by atoms with Crippen molar-refractivity contribution in [3.8, 4) is 0 Å². The maximum atomic E-state index is 12.1. The average molecular weight is 253 g/mol. The molecule has 0 atom stereocenters. The lowest BCUT2D eigenvalue weighted by atomic mass is 10.3. The number of nitrogens with two attached hydrogens (primary N) is 1. The molecule has 3 rings (SSSR count). The molecule has 2 heterocycles. The van der Waals surface area contributed by atoms with Crippen molar-refractivity contribution in [1.29, 1.82) is 0 Å². The van der Waals surface area contributed by atoms with E-state index in [1.807, 2.05) is 4.90 Å². The molecule has 1 saturated heterocycles. The molecule has 1 aromatic rings. The van der Waals surface area contributed by atoms with Crippen molar-refractivity contribution in [2.24, 2.45) is 0 Å². The molecule has 17 heavy (non-hydrogen) atoms. The van der Waals surface area contributed by atoms with E-state index >= 15 is 0 Å². The van der Waals surface area contributed by atoms with Crippen LogP contribution in [-0.4, -0.2) is 58.1 Å². The third-order valence-corrected chi connectivity index (χ3v) is 4.03. The summed E-state index contributed by atoms with van der Waals surface area (Å²) in [6, 6.07) is 0.782. The van der Waals surface area contributed by atoms with Gasteiger partial charge in [-0.1, -0.05) is 11.3 Å². The van der Waals surface area contributed by atoms with Crippen LogP contribution in [0, 0.1) is 0 Å². The Morgan fingerprint density at radius 3 is 2.47 bits per heavy atom. The van der Waals surface area contributed by atoms with E-state index in [2.05, 4.69) is 15.1 Å². The highest BCUT2D eigenvalue weighted by Gasteiger charge is 2.32. The van der Waals surface area contributed by atoms with E-state index in [0.717, 1.165) is 43.6 Å². The van der Waals surface area contributed by atoms with Crippen LogP contribution in [0.3, 0.4) is 0 Å². The molecule has 0 unspecified atom stereocenters. The summed E-state index contributed by atoms with van der Waals surface area (Å²) in [4.78, 5) is 16.4. The monoisotopic (exact) mass is 253 g/mol. The number of carbonyl (C=O) groups is 1. The smallest absolute Gasteiger partial charge is 0.284 e. The van der Waals surface area contributed by atoms with Crippen molar-refractivity contribution < 1.29 is 4.79 Å². The van der Waals surface area contributed by atoms with Gasteiger partial charge >= 0.3 is 0 Å². The van der Waals surface area contributed by atoms with Gasteiger partial charge in [-0.2, -0.15) is 0 Å². The van der Waals surface area contributed by atoms with E-state index in [9.17, 15) is 4.79 Å². The van der Waals surface area contributed by atoms with Crippen molar-refractivity contribution in [1.82, 2.24) is 20.0 Å². The Balaban J connectivity index is 1.60. The minimum atomic E-state index is -0.0327. The molecular weight excluding hydrogens is 238 g/mol. The van der Waals surface area contributed by atoms with Gasteiger partial charge in [0.05, 0.1) is 0 Å². The van der Waals surface area contributed by atoms with Crippen molar-refractivity contribution in [2.45, 2.75) is 18.9 Å². The Morgan fingerprint density at radius 2 is 1.94 bits per heavy atom. The molecule has 2 N–H and O–H groups in total. The Morgan fingerprint density at radius 1 is 1.24 bits per heavy atom. The van der Waals surface area contributed by atoms with E-state index in [1.165, 1.54) is 12.8 Å². The molecule has 0 aromatic carbocycles. The Kier molecular flexibility index (Phi) is 2.71. The van der Waals surface area contributed by atoms with Crippen LogP contribution in [0.2, 0.25) is 0 Å². The Hall–Kier alpha value is -1.21. The van der Waals surface area contributed by atoms with E-state index in [1.54, 1.807) is 0 Å². The van der Waals surface area contributed by atoms with Gasteiger partial charge in [-0.05, 0) is 12.8 Å². The van der Waals surface area contributed by atoms with Crippen LogP contribution in [0.5, 0.6) is 0 Å². The summed E-state index contributed by atoms with van der Waals surface area (Å²) in [6.07, 6.45) is 2.64. The van der Waals surface area contributed by atoms with Crippen LogP contribution in [0.25, 0.3) is 0 Å². The number of piperazine rings is 1. The van der Waals surface area contributed by atoms with Crippen molar-refractivity contribution in [2.75, 3.05) is 31.9 Å². The largest absolute Gasteiger partial charge is 0.374 e. The predicted molar refractivity (Wildman–Crippen MR) is 64.8 cm³/mol. The van der Waals surface area contributed by atoms with Crippen LogP contribution in [0.15, 0.2) is 0 Å². The second-order valence-electron chi connectivity index (χ2n) is 4.50. The molecule has 2 aliphatic rings. The first-order chi connectivity index (χ1) is 8.24.